The number of carbonyl (C=O) groups is 1. The van der Waals surface area contributed by atoms with E-state index < -0.39 is 5.97 Å². The molecular formula is C15H17NO4. The van der Waals surface area contributed by atoms with E-state index in [0.29, 0.717) is 12.0 Å². The summed E-state index contributed by atoms with van der Waals surface area (Å²) in [6.07, 6.45) is 1.27. The molecular weight excluding hydrogens is 258 g/mol. The van der Waals surface area contributed by atoms with Gasteiger partial charge < -0.3 is 14.0 Å². The highest BCUT2D eigenvalue weighted by Crippen LogP contribution is 2.08. The Hall–Kier alpha value is -2.14. The third kappa shape index (κ3) is 3.24. The van der Waals surface area contributed by atoms with Crippen LogP contribution in [0, 0.1) is 0 Å². The quantitative estimate of drug-likeness (QED) is 0.777. The van der Waals surface area contributed by atoms with Gasteiger partial charge in [-0.2, -0.15) is 0 Å². The second-order valence-corrected chi connectivity index (χ2v) is 4.59. The molecule has 1 unspecified atom stereocenters. The van der Waals surface area contributed by atoms with E-state index in [4.69, 9.17) is 9.47 Å². The molecule has 0 aliphatic carbocycles. The molecule has 0 aliphatic heterocycles. The number of ether oxygens (including phenoxy) is 2. The summed E-state index contributed by atoms with van der Waals surface area (Å²) in [6, 6.07) is 9.08. The topological polar surface area (TPSA) is 57.5 Å². The highest BCUT2D eigenvalue weighted by molar-refractivity contribution is 5.81. The number of esters is 1. The number of methoxy groups -OCH3 is 1. The molecule has 0 radical (unpaired) electrons. The Morgan fingerprint density at radius 3 is 2.80 bits per heavy atom. The molecule has 0 saturated carbocycles. The van der Waals surface area contributed by atoms with Crippen LogP contribution in [-0.2, 0) is 20.8 Å². The normalized spacial score (nSPS) is 12.3. The number of nitrogens with zero attached hydrogens (tertiary/aromatic N) is 1. The Balaban J connectivity index is 2.16. The maximum absolute atomic E-state index is 12.2. The lowest BCUT2D eigenvalue weighted by Crippen LogP contribution is -2.28. The molecule has 2 rings (SSSR count). The summed E-state index contributed by atoms with van der Waals surface area (Å²) in [6.45, 7) is 1.97. The van der Waals surface area contributed by atoms with E-state index in [1.165, 1.54) is 11.7 Å². The summed E-state index contributed by atoms with van der Waals surface area (Å²) < 4.78 is 11.4. The maximum atomic E-state index is 12.2. The number of rotatable bonds is 5. The van der Waals surface area contributed by atoms with Gasteiger partial charge in [0.1, 0.15) is 12.6 Å². The van der Waals surface area contributed by atoms with Crippen LogP contribution >= 0.6 is 0 Å². The molecule has 0 spiro atoms. The lowest BCUT2D eigenvalue weighted by molar-refractivity contribution is -0.151. The van der Waals surface area contributed by atoms with Crippen LogP contribution in [0.3, 0.4) is 0 Å². The fourth-order valence-electron chi connectivity index (χ4n) is 2.02. The Kier molecular flexibility index (Phi) is 4.53. The van der Waals surface area contributed by atoms with E-state index >= 15 is 0 Å². The van der Waals surface area contributed by atoms with Crippen LogP contribution < -0.4 is 5.56 Å². The van der Waals surface area contributed by atoms with E-state index in [-0.39, 0.29) is 18.2 Å². The van der Waals surface area contributed by atoms with Crippen LogP contribution in [0.4, 0.5) is 0 Å². The second-order valence-electron chi connectivity index (χ2n) is 4.59. The minimum Gasteiger partial charge on any atom is -0.459 e. The summed E-state index contributed by atoms with van der Waals surface area (Å²) in [7, 11) is 1.54. The number of hydrogen-bond acceptors (Lipinski definition) is 4. The van der Waals surface area contributed by atoms with E-state index in [9.17, 15) is 9.59 Å². The lowest BCUT2D eigenvalue weighted by atomic mass is 10.2. The number of aromatic nitrogens is 1. The van der Waals surface area contributed by atoms with Gasteiger partial charge in [-0.25, -0.2) is 0 Å². The van der Waals surface area contributed by atoms with Gasteiger partial charge in [0.15, 0.2) is 0 Å². The predicted molar refractivity (Wildman–Crippen MR) is 75.6 cm³/mol. The van der Waals surface area contributed by atoms with Crippen LogP contribution in [0.2, 0.25) is 0 Å². The Morgan fingerprint density at radius 1 is 1.30 bits per heavy atom. The van der Waals surface area contributed by atoms with Crippen molar-refractivity contribution in [3.63, 3.8) is 0 Å². The van der Waals surface area contributed by atoms with Crippen LogP contribution in [0.1, 0.15) is 6.92 Å². The zero-order valence-corrected chi connectivity index (χ0v) is 11.5. The van der Waals surface area contributed by atoms with Crippen molar-refractivity contribution in [2.75, 3.05) is 13.7 Å². The van der Waals surface area contributed by atoms with Crippen molar-refractivity contribution in [3.8, 4) is 0 Å². The summed E-state index contributed by atoms with van der Waals surface area (Å²) in [5.41, 5.74) is -0.195. The van der Waals surface area contributed by atoms with Crippen molar-refractivity contribution in [2.24, 2.45) is 0 Å². The Labute approximate surface area is 116 Å². The summed E-state index contributed by atoms with van der Waals surface area (Å²) >= 11 is 0. The van der Waals surface area contributed by atoms with Crippen molar-refractivity contribution in [1.82, 2.24) is 4.57 Å². The first-order chi connectivity index (χ1) is 9.61. The van der Waals surface area contributed by atoms with Crippen molar-refractivity contribution in [3.05, 3.63) is 46.9 Å². The predicted octanol–water partition coefficient (Wildman–Crippen LogP) is 1.58. The molecule has 0 aliphatic rings. The molecule has 1 heterocycles. The fraction of sp³-hybridized carbons (Fsp3) is 0.333. The zero-order chi connectivity index (χ0) is 14.5. The molecule has 1 aromatic heterocycles. The average molecular weight is 275 g/mol. The molecule has 5 heteroatoms. The third-order valence-electron chi connectivity index (χ3n) is 2.92. The maximum Gasteiger partial charge on any atom is 0.326 e. The minimum atomic E-state index is -0.452. The van der Waals surface area contributed by atoms with Gasteiger partial charge in [-0.15, -0.1) is 0 Å². The summed E-state index contributed by atoms with van der Waals surface area (Å²) in [5.74, 6) is -0.452. The van der Waals surface area contributed by atoms with Gasteiger partial charge in [-0.05, 0) is 24.4 Å². The Bertz CT molecular complexity index is 662. The zero-order valence-electron chi connectivity index (χ0n) is 11.5. The minimum absolute atomic E-state index is 0.0995. The molecule has 2 aromatic rings. The van der Waals surface area contributed by atoms with E-state index in [1.807, 2.05) is 18.2 Å². The monoisotopic (exact) mass is 275 g/mol. The first-order valence-electron chi connectivity index (χ1n) is 6.38. The van der Waals surface area contributed by atoms with Gasteiger partial charge in [0.25, 0.3) is 5.56 Å². The van der Waals surface area contributed by atoms with Crippen LogP contribution in [0.15, 0.2) is 41.3 Å². The van der Waals surface area contributed by atoms with Crippen molar-refractivity contribution >= 4 is 16.7 Å². The summed E-state index contributed by atoms with van der Waals surface area (Å²) in [4.78, 5) is 24.0. The number of fused-ring (bicyclic) bond motifs is 1. The molecule has 5 nitrogen and oxygen atoms in total. The van der Waals surface area contributed by atoms with Gasteiger partial charge in [-0.3, -0.25) is 9.59 Å². The average Bonchev–Trinajstić information content (AvgIpc) is 2.42. The molecule has 0 saturated heterocycles. The fourth-order valence-corrected chi connectivity index (χ4v) is 2.02. The summed E-state index contributed by atoms with van der Waals surface area (Å²) in [5, 5.41) is 1.45. The molecule has 0 fully saturated rings. The molecule has 0 bridgehead atoms. The van der Waals surface area contributed by atoms with Gasteiger partial charge in [0.2, 0.25) is 0 Å². The smallest absolute Gasteiger partial charge is 0.326 e. The van der Waals surface area contributed by atoms with Crippen LogP contribution in [0.25, 0.3) is 10.8 Å². The van der Waals surface area contributed by atoms with Gasteiger partial charge >= 0.3 is 5.97 Å². The van der Waals surface area contributed by atoms with Crippen molar-refractivity contribution in [1.29, 1.82) is 0 Å². The van der Waals surface area contributed by atoms with Gasteiger partial charge in [0.05, 0.1) is 6.61 Å². The Morgan fingerprint density at radius 2 is 2.05 bits per heavy atom. The van der Waals surface area contributed by atoms with E-state index in [2.05, 4.69) is 0 Å². The first-order valence-corrected chi connectivity index (χ1v) is 6.38. The molecule has 106 valence electrons. The molecule has 20 heavy (non-hydrogen) atoms. The van der Waals surface area contributed by atoms with Crippen molar-refractivity contribution in [2.45, 2.75) is 19.6 Å². The second kappa shape index (κ2) is 6.34. The number of benzene rings is 1. The van der Waals surface area contributed by atoms with Crippen molar-refractivity contribution < 1.29 is 14.3 Å². The molecule has 1 atom stereocenters. The van der Waals surface area contributed by atoms with Gasteiger partial charge in [-0.1, -0.05) is 18.2 Å². The lowest BCUT2D eigenvalue weighted by Gasteiger charge is -2.13. The van der Waals surface area contributed by atoms with E-state index in [0.717, 1.165) is 5.39 Å². The number of hydrogen-bond donors (Lipinski definition) is 0. The largest absolute Gasteiger partial charge is 0.459 e. The number of pyridine rings is 1. The standard InChI is InChI=1S/C15H17NO4/c1-11(10-19-2)20-14(17)9-16-8-7-12-5-3-4-6-13(12)15(16)18/h3-8,11H,9-10H2,1-2H3. The van der Waals surface area contributed by atoms with Crippen LogP contribution in [0.5, 0.6) is 0 Å². The molecule has 0 amide bonds. The van der Waals surface area contributed by atoms with E-state index in [1.54, 1.807) is 25.3 Å². The molecule has 1 aromatic carbocycles. The highest BCUT2D eigenvalue weighted by Gasteiger charge is 2.11. The third-order valence-corrected chi connectivity index (χ3v) is 2.92. The molecule has 0 N–H and O–H groups in total. The SMILES string of the molecule is COCC(C)OC(=O)Cn1ccc2ccccc2c1=O. The van der Waals surface area contributed by atoms with Crippen LogP contribution in [-0.4, -0.2) is 30.4 Å². The van der Waals surface area contributed by atoms with Gasteiger partial charge in [0, 0.05) is 18.7 Å². The number of carbonyl (C=O) groups excluding carboxylic acids is 1. The highest BCUT2D eigenvalue weighted by atomic mass is 16.6. The first kappa shape index (κ1) is 14.3.